The first-order valence-corrected chi connectivity index (χ1v) is 11.6. The predicted molar refractivity (Wildman–Crippen MR) is 134 cm³/mol. The standard InChI is InChI=1S/C26H28FN5O2/c1-29-25(33)16-2-5-19(6-3-16)31-8-10-32(11-9-31)20-7-4-17(12-20)24-15-21-22(26(34)30-24)13-18(27)14-23(21)28/h2-3,5-6,12-15,20H,4,7-11,28H2,1H3,(H,29,33)(H,30,34)/t20-/m1/s1. The molecule has 2 aromatic carbocycles. The van der Waals surface area contributed by atoms with Crippen LogP contribution in [0.1, 0.15) is 28.9 Å². The Morgan fingerprint density at radius 2 is 1.82 bits per heavy atom. The molecule has 1 aliphatic carbocycles. The third-order valence-corrected chi connectivity index (χ3v) is 6.91. The average molecular weight is 462 g/mol. The normalized spacial score (nSPS) is 18.8. The number of nitrogens with two attached hydrogens (primary N) is 1. The molecule has 7 nitrogen and oxygen atoms in total. The number of rotatable bonds is 4. The number of aromatic nitrogens is 1. The lowest BCUT2D eigenvalue weighted by atomic mass is 10.1. The molecule has 1 saturated heterocycles. The van der Waals surface area contributed by atoms with E-state index >= 15 is 0 Å². The molecule has 0 bridgehead atoms. The van der Waals surface area contributed by atoms with Gasteiger partial charge in [0, 0.05) is 67.3 Å². The average Bonchev–Trinajstić information content (AvgIpc) is 3.35. The van der Waals surface area contributed by atoms with Crippen LogP contribution in [0.4, 0.5) is 15.8 Å². The summed E-state index contributed by atoms with van der Waals surface area (Å²) in [6.45, 7) is 3.69. The largest absolute Gasteiger partial charge is 0.398 e. The maximum absolute atomic E-state index is 13.7. The smallest absolute Gasteiger partial charge is 0.256 e. The number of fused-ring (bicyclic) bond motifs is 1. The molecule has 0 unspecified atom stereocenters. The van der Waals surface area contributed by atoms with Crippen LogP contribution in [0, 0.1) is 5.82 Å². The fraction of sp³-hybridized carbons (Fsp3) is 0.308. The first kappa shape index (κ1) is 22.2. The van der Waals surface area contributed by atoms with E-state index in [0.717, 1.165) is 56.0 Å². The van der Waals surface area contributed by atoms with Gasteiger partial charge in [-0.1, -0.05) is 6.08 Å². The number of aromatic amines is 1. The van der Waals surface area contributed by atoms with Gasteiger partial charge in [0.05, 0.1) is 5.39 Å². The zero-order chi connectivity index (χ0) is 23.8. The molecule has 5 rings (SSSR count). The van der Waals surface area contributed by atoms with E-state index in [-0.39, 0.29) is 22.5 Å². The number of benzene rings is 2. The van der Waals surface area contributed by atoms with E-state index in [2.05, 4.69) is 26.2 Å². The summed E-state index contributed by atoms with van der Waals surface area (Å²) in [6, 6.07) is 12.4. The summed E-state index contributed by atoms with van der Waals surface area (Å²) in [6.07, 6.45) is 4.11. The van der Waals surface area contributed by atoms with Gasteiger partial charge in [-0.25, -0.2) is 4.39 Å². The van der Waals surface area contributed by atoms with Crippen LogP contribution in [0.2, 0.25) is 0 Å². The van der Waals surface area contributed by atoms with Crippen LogP contribution < -0.4 is 21.5 Å². The maximum Gasteiger partial charge on any atom is 0.256 e. The third-order valence-electron chi connectivity index (χ3n) is 6.91. The monoisotopic (exact) mass is 461 g/mol. The number of hydrogen-bond acceptors (Lipinski definition) is 5. The van der Waals surface area contributed by atoms with Crippen molar-refractivity contribution < 1.29 is 9.18 Å². The van der Waals surface area contributed by atoms with Crippen molar-refractivity contribution >= 4 is 33.6 Å². The van der Waals surface area contributed by atoms with Gasteiger partial charge in [-0.05, 0) is 60.9 Å². The number of anilines is 2. The van der Waals surface area contributed by atoms with E-state index in [9.17, 15) is 14.0 Å². The SMILES string of the molecule is CNC(=O)c1ccc(N2CCN([C@H]3C=C(c4cc5c(N)cc(F)cc5c(=O)[nH]4)CC3)CC2)cc1. The lowest BCUT2D eigenvalue weighted by Crippen LogP contribution is -2.49. The van der Waals surface area contributed by atoms with Crippen molar-refractivity contribution in [1.82, 2.24) is 15.2 Å². The van der Waals surface area contributed by atoms with E-state index in [1.165, 1.54) is 12.1 Å². The van der Waals surface area contributed by atoms with Crippen LogP contribution in [-0.4, -0.2) is 55.1 Å². The zero-order valence-electron chi connectivity index (χ0n) is 19.1. The van der Waals surface area contributed by atoms with Crippen molar-refractivity contribution in [3.05, 3.63) is 76.0 Å². The number of carbonyl (C=O) groups is 1. The fourth-order valence-electron chi connectivity index (χ4n) is 5.03. The van der Waals surface area contributed by atoms with Crippen molar-refractivity contribution in [2.24, 2.45) is 0 Å². The van der Waals surface area contributed by atoms with Crippen molar-refractivity contribution in [2.75, 3.05) is 43.9 Å². The summed E-state index contributed by atoms with van der Waals surface area (Å²) < 4.78 is 13.7. The highest BCUT2D eigenvalue weighted by atomic mass is 19.1. The Morgan fingerprint density at radius 1 is 1.09 bits per heavy atom. The molecule has 0 radical (unpaired) electrons. The summed E-state index contributed by atoms with van der Waals surface area (Å²) in [7, 11) is 1.63. The quantitative estimate of drug-likeness (QED) is 0.520. The van der Waals surface area contributed by atoms with Gasteiger partial charge in [0.1, 0.15) is 5.82 Å². The van der Waals surface area contributed by atoms with Crippen LogP contribution in [0.3, 0.4) is 0 Å². The number of amides is 1. The van der Waals surface area contributed by atoms with Gasteiger partial charge in [0.25, 0.3) is 11.5 Å². The number of nitrogen functional groups attached to an aromatic ring is 1. The molecule has 1 aliphatic heterocycles. The van der Waals surface area contributed by atoms with E-state index in [1.54, 1.807) is 7.05 Å². The molecule has 1 fully saturated rings. The summed E-state index contributed by atoms with van der Waals surface area (Å²) in [5, 5.41) is 3.50. The molecule has 1 aromatic heterocycles. The highest BCUT2D eigenvalue weighted by molar-refractivity contribution is 5.94. The van der Waals surface area contributed by atoms with Gasteiger partial charge < -0.3 is 20.9 Å². The lowest BCUT2D eigenvalue weighted by molar-refractivity contribution is 0.0963. The minimum atomic E-state index is -0.509. The van der Waals surface area contributed by atoms with Gasteiger partial charge in [-0.3, -0.25) is 14.5 Å². The Bertz CT molecular complexity index is 1320. The number of pyridine rings is 1. The van der Waals surface area contributed by atoms with Gasteiger partial charge >= 0.3 is 0 Å². The van der Waals surface area contributed by atoms with Crippen molar-refractivity contribution in [3.8, 4) is 0 Å². The molecule has 3 aromatic rings. The second-order valence-electron chi connectivity index (χ2n) is 8.92. The summed E-state index contributed by atoms with van der Waals surface area (Å²) in [5.41, 5.74) is 9.58. The number of halogens is 1. The van der Waals surface area contributed by atoms with Crippen molar-refractivity contribution in [3.63, 3.8) is 0 Å². The van der Waals surface area contributed by atoms with Crippen LogP contribution in [0.25, 0.3) is 16.3 Å². The molecular weight excluding hydrogens is 433 g/mol. The number of piperazine rings is 1. The third kappa shape index (κ3) is 4.17. The Morgan fingerprint density at radius 3 is 2.53 bits per heavy atom. The van der Waals surface area contributed by atoms with E-state index < -0.39 is 5.82 Å². The Hall–Kier alpha value is -3.65. The second-order valence-corrected chi connectivity index (χ2v) is 8.92. The first-order chi connectivity index (χ1) is 16.4. The highest BCUT2D eigenvalue weighted by Gasteiger charge is 2.27. The van der Waals surface area contributed by atoms with Gasteiger partial charge in [0.15, 0.2) is 0 Å². The van der Waals surface area contributed by atoms with Crippen LogP contribution in [-0.2, 0) is 0 Å². The van der Waals surface area contributed by atoms with Crippen LogP contribution in [0.15, 0.2) is 53.3 Å². The molecule has 4 N–H and O–H groups in total. The number of H-pyrrole nitrogens is 1. The molecule has 0 saturated carbocycles. The number of carbonyl (C=O) groups excluding carboxylic acids is 1. The summed E-state index contributed by atoms with van der Waals surface area (Å²) >= 11 is 0. The Balaban J connectivity index is 1.27. The van der Waals surface area contributed by atoms with E-state index in [0.29, 0.717) is 17.0 Å². The molecule has 8 heteroatoms. The predicted octanol–water partition coefficient (Wildman–Crippen LogP) is 2.98. The lowest BCUT2D eigenvalue weighted by Gasteiger charge is -2.38. The van der Waals surface area contributed by atoms with E-state index in [4.69, 9.17) is 5.73 Å². The first-order valence-electron chi connectivity index (χ1n) is 11.6. The number of hydrogen-bond donors (Lipinski definition) is 3. The molecule has 34 heavy (non-hydrogen) atoms. The minimum absolute atomic E-state index is 0.0807. The molecular formula is C26H28FN5O2. The minimum Gasteiger partial charge on any atom is -0.398 e. The van der Waals surface area contributed by atoms with Crippen LogP contribution >= 0.6 is 0 Å². The summed E-state index contributed by atoms with van der Waals surface area (Å²) in [4.78, 5) is 32.0. The number of allylic oxidation sites excluding steroid dienone is 1. The molecule has 2 heterocycles. The van der Waals surface area contributed by atoms with Crippen molar-refractivity contribution in [2.45, 2.75) is 18.9 Å². The topological polar surface area (TPSA) is 94.5 Å². The molecule has 2 aliphatic rings. The number of nitrogens with one attached hydrogen (secondary N) is 2. The number of nitrogens with zero attached hydrogens (tertiary/aromatic N) is 2. The zero-order valence-corrected chi connectivity index (χ0v) is 19.1. The molecule has 0 spiro atoms. The van der Waals surface area contributed by atoms with Gasteiger partial charge in [0.2, 0.25) is 0 Å². The maximum atomic E-state index is 13.7. The van der Waals surface area contributed by atoms with E-state index in [1.807, 2.05) is 30.3 Å². The summed E-state index contributed by atoms with van der Waals surface area (Å²) in [5.74, 6) is -0.590. The van der Waals surface area contributed by atoms with Gasteiger partial charge in [-0.2, -0.15) is 0 Å². The van der Waals surface area contributed by atoms with Gasteiger partial charge in [-0.15, -0.1) is 0 Å². The van der Waals surface area contributed by atoms with Crippen LogP contribution in [0.5, 0.6) is 0 Å². The molecule has 1 atom stereocenters. The fourth-order valence-corrected chi connectivity index (χ4v) is 5.03. The second kappa shape index (κ2) is 8.95. The molecule has 176 valence electrons. The Kier molecular flexibility index (Phi) is 5.83. The Labute approximate surface area is 197 Å². The highest BCUT2D eigenvalue weighted by Crippen LogP contribution is 2.32. The van der Waals surface area contributed by atoms with Crippen molar-refractivity contribution in [1.29, 1.82) is 0 Å². The molecule has 1 amide bonds.